The maximum absolute atomic E-state index is 11.1. The summed E-state index contributed by atoms with van der Waals surface area (Å²) < 4.78 is 12.5. The lowest BCUT2D eigenvalue weighted by molar-refractivity contribution is -0.118. The second kappa shape index (κ2) is 14.0. The molecule has 0 aliphatic rings. The first-order chi connectivity index (χ1) is 18.6. The van der Waals surface area contributed by atoms with Crippen molar-refractivity contribution in [1.29, 1.82) is 0 Å². The van der Waals surface area contributed by atoms with E-state index in [9.17, 15) is 4.79 Å². The molecule has 0 aromatic heterocycles. The summed E-state index contributed by atoms with van der Waals surface area (Å²) in [6.07, 6.45) is 3.64. The van der Waals surface area contributed by atoms with Crippen LogP contribution in [0.3, 0.4) is 0 Å². The highest BCUT2D eigenvalue weighted by Crippen LogP contribution is 2.29. The van der Waals surface area contributed by atoms with E-state index in [1.165, 1.54) is 27.8 Å². The Kier molecular flexibility index (Phi) is 9.97. The molecule has 0 saturated carbocycles. The molecule has 0 unspecified atom stereocenters. The molecule has 1 amide bonds. The molecule has 196 valence electrons. The van der Waals surface area contributed by atoms with Crippen molar-refractivity contribution in [2.24, 2.45) is 0 Å². The maximum atomic E-state index is 11.1. The van der Waals surface area contributed by atoms with Gasteiger partial charge in [-0.3, -0.25) is 4.79 Å². The van der Waals surface area contributed by atoms with E-state index in [1.54, 1.807) is 6.92 Å². The van der Waals surface area contributed by atoms with Gasteiger partial charge in [0, 0.05) is 26.0 Å². The summed E-state index contributed by atoms with van der Waals surface area (Å²) in [6, 6.07) is 33.4. The molecule has 0 bridgehead atoms. The van der Waals surface area contributed by atoms with Crippen LogP contribution in [0.4, 0.5) is 0 Å². The molecule has 1 N–H and O–H groups in total. The second-order valence-corrected chi connectivity index (χ2v) is 9.54. The van der Waals surface area contributed by atoms with Gasteiger partial charge in [0.25, 0.3) is 0 Å². The highest BCUT2D eigenvalue weighted by molar-refractivity contribution is 5.72. The molecule has 4 aromatic carbocycles. The van der Waals surface area contributed by atoms with E-state index >= 15 is 0 Å². The van der Waals surface area contributed by atoms with Crippen molar-refractivity contribution in [3.05, 3.63) is 119 Å². The van der Waals surface area contributed by atoms with Crippen LogP contribution in [0.1, 0.15) is 42.0 Å². The Morgan fingerprint density at radius 1 is 0.763 bits per heavy atom. The van der Waals surface area contributed by atoms with Crippen molar-refractivity contribution in [2.75, 3.05) is 13.2 Å². The number of benzene rings is 4. The number of carbonyl (C=O) groups is 1. The number of aryl methyl sites for hydroxylation is 1. The number of unbranched alkanes of at least 4 members (excludes halogenated alkanes) is 1. The lowest BCUT2D eigenvalue weighted by Crippen LogP contribution is -2.20. The van der Waals surface area contributed by atoms with Gasteiger partial charge >= 0.3 is 0 Å². The molecule has 4 aromatic rings. The van der Waals surface area contributed by atoms with Gasteiger partial charge in [0.2, 0.25) is 5.91 Å². The third-order valence-electron chi connectivity index (χ3n) is 6.70. The average molecular weight is 508 g/mol. The molecule has 0 aliphatic carbocycles. The van der Waals surface area contributed by atoms with Crippen molar-refractivity contribution in [3.63, 3.8) is 0 Å². The van der Waals surface area contributed by atoms with Crippen LogP contribution in [-0.2, 0) is 24.2 Å². The minimum absolute atomic E-state index is 0.0148. The van der Waals surface area contributed by atoms with Crippen LogP contribution in [0.15, 0.2) is 97.1 Å². The number of amides is 1. The zero-order chi connectivity index (χ0) is 26.6. The molecular formula is C34H37NO3. The Labute approximate surface area is 226 Å². The van der Waals surface area contributed by atoms with Crippen molar-refractivity contribution in [2.45, 2.75) is 46.1 Å². The van der Waals surface area contributed by atoms with Crippen molar-refractivity contribution >= 4 is 5.91 Å². The number of carbonyl (C=O) groups excluding carboxylic acids is 1. The van der Waals surface area contributed by atoms with Crippen molar-refractivity contribution in [3.8, 4) is 22.6 Å². The highest BCUT2D eigenvalue weighted by Gasteiger charge is 2.10. The van der Waals surface area contributed by atoms with Crippen molar-refractivity contribution in [1.82, 2.24) is 5.32 Å². The van der Waals surface area contributed by atoms with Crippen LogP contribution < -0.4 is 14.8 Å². The third-order valence-corrected chi connectivity index (χ3v) is 6.70. The van der Waals surface area contributed by atoms with Crippen LogP contribution in [0, 0.1) is 6.92 Å². The van der Waals surface area contributed by atoms with E-state index in [4.69, 9.17) is 9.47 Å². The Morgan fingerprint density at radius 3 is 2.29 bits per heavy atom. The molecule has 0 radical (unpaired) electrons. The van der Waals surface area contributed by atoms with Gasteiger partial charge in [0.15, 0.2) is 0 Å². The summed E-state index contributed by atoms with van der Waals surface area (Å²) in [7, 11) is 0. The highest BCUT2D eigenvalue weighted by atomic mass is 16.5. The lowest BCUT2D eigenvalue weighted by atomic mass is 9.97. The smallest absolute Gasteiger partial charge is 0.216 e. The second-order valence-electron chi connectivity index (χ2n) is 9.54. The maximum Gasteiger partial charge on any atom is 0.216 e. The fourth-order valence-electron chi connectivity index (χ4n) is 4.53. The standard InChI is InChI=1S/C34H37NO3/c1-26-31(17-11-18-33(26)29-14-7-4-8-15-29)25-38-32-20-19-30(16-9-10-22-35-27(2)36)34(24-32)37-23-21-28-12-5-3-6-13-28/h3-8,11-15,17-20,24H,9-10,16,21-23,25H2,1-2H3,(H,35,36). The van der Waals surface area contributed by atoms with E-state index in [2.05, 4.69) is 85.0 Å². The van der Waals surface area contributed by atoms with E-state index in [-0.39, 0.29) is 5.91 Å². The van der Waals surface area contributed by atoms with Gasteiger partial charge in [0.1, 0.15) is 18.1 Å². The normalized spacial score (nSPS) is 10.7. The molecule has 4 nitrogen and oxygen atoms in total. The zero-order valence-electron chi connectivity index (χ0n) is 22.4. The lowest BCUT2D eigenvalue weighted by Gasteiger charge is -2.16. The fraction of sp³-hybridized carbons (Fsp3) is 0.265. The molecular weight excluding hydrogens is 470 g/mol. The van der Waals surface area contributed by atoms with Crippen LogP contribution in [0.5, 0.6) is 11.5 Å². The van der Waals surface area contributed by atoms with Crippen molar-refractivity contribution < 1.29 is 14.3 Å². The topological polar surface area (TPSA) is 47.6 Å². The Morgan fingerprint density at radius 2 is 1.53 bits per heavy atom. The largest absolute Gasteiger partial charge is 0.493 e. The summed E-state index contributed by atoms with van der Waals surface area (Å²) in [6.45, 7) is 5.50. The predicted molar refractivity (Wildman–Crippen MR) is 155 cm³/mol. The molecule has 0 spiro atoms. The summed E-state index contributed by atoms with van der Waals surface area (Å²) in [5.41, 5.74) is 7.25. The monoisotopic (exact) mass is 507 g/mol. The van der Waals surface area contributed by atoms with Gasteiger partial charge in [-0.1, -0.05) is 84.9 Å². The molecule has 0 aliphatic heterocycles. The molecule has 38 heavy (non-hydrogen) atoms. The zero-order valence-corrected chi connectivity index (χ0v) is 22.4. The van der Waals surface area contributed by atoms with E-state index in [1.807, 2.05) is 24.3 Å². The van der Waals surface area contributed by atoms with Crippen LogP contribution in [0.25, 0.3) is 11.1 Å². The predicted octanol–water partition coefficient (Wildman–Crippen LogP) is 7.32. The Bertz CT molecular complexity index is 1300. The molecule has 4 rings (SSSR count). The third kappa shape index (κ3) is 7.97. The van der Waals surface area contributed by atoms with Gasteiger partial charge < -0.3 is 14.8 Å². The summed E-state index contributed by atoms with van der Waals surface area (Å²) >= 11 is 0. The first-order valence-corrected chi connectivity index (χ1v) is 13.4. The number of nitrogens with one attached hydrogen (secondary N) is 1. The molecule has 0 saturated heterocycles. The summed E-state index contributed by atoms with van der Waals surface area (Å²) in [5, 5.41) is 2.87. The van der Waals surface area contributed by atoms with Gasteiger partial charge in [-0.05, 0) is 65.6 Å². The number of hydrogen-bond acceptors (Lipinski definition) is 3. The van der Waals surface area contributed by atoms with Gasteiger partial charge in [-0.25, -0.2) is 0 Å². The minimum atomic E-state index is 0.0148. The van der Waals surface area contributed by atoms with Gasteiger partial charge in [-0.2, -0.15) is 0 Å². The molecule has 0 fully saturated rings. The molecule has 0 atom stereocenters. The Balaban J connectivity index is 1.43. The quantitative estimate of drug-likeness (QED) is 0.193. The van der Waals surface area contributed by atoms with Crippen LogP contribution >= 0.6 is 0 Å². The summed E-state index contributed by atoms with van der Waals surface area (Å²) in [5.74, 6) is 1.68. The molecule has 0 heterocycles. The SMILES string of the molecule is CC(=O)NCCCCc1ccc(OCc2cccc(-c3ccccc3)c2C)cc1OCCc1ccccc1. The number of rotatable bonds is 13. The number of ether oxygens (including phenoxy) is 2. The van der Waals surface area contributed by atoms with Crippen LogP contribution in [-0.4, -0.2) is 19.1 Å². The minimum Gasteiger partial charge on any atom is -0.493 e. The fourth-order valence-corrected chi connectivity index (χ4v) is 4.53. The summed E-state index contributed by atoms with van der Waals surface area (Å²) in [4.78, 5) is 11.1. The van der Waals surface area contributed by atoms with E-state index in [0.29, 0.717) is 19.8 Å². The first-order valence-electron chi connectivity index (χ1n) is 13.4. The molecule has 4 heteroatoms. The van der Waals surface area contributed by atoms with Gasteiger partial charge in [0.05, 0.1) is 6.61 Å². The Hall–Kier alpha value is -4.05. The first kappa shape index (κ1) is 27.0. The average Bonchev–Trinajstić information content (AvgIpc) is 2.94. The van der Waals surface area contributed by atoms with Gasteiger partial charge in [-0.15, -0.1) is 0 Å². The van der Waals surface area contributed by atoms with E-state index < -0.39 is 0 Å². The van der Waals surface area contributed by atoms with E-state index in [0.717, 1.165) is 42.7 Å². The number of hydrogen-bond donors (Lipinski definition) is 1. The van der Waals surface area contributed by atoms with Crippen LogP contribution in [0.2, 0.25) is 0 Å².